The van der Waals surface area contributed by atoms with Crippen molar-refractivity contribution in [2.24, 2.45) is 0 Å². The molecule has 5 rings (SSSR count). The predicted molar refractivity (Wildman–Crippen MR) is 140 cm³/mol. The molecule has 0 saturated carbocycles. The molecule has 34 heavy (non-hydrogen) atoms. The fraction of sp³-hybridized carbons (Fsp3) is 0.370. The Morgan fingerprint density at radius 3 is 2.24 bits per heavy atom. The van der Waals surface area contributed by atoms with Crippen LogP contribution in [-0.2, 0) is 5.41 Å². The van der Waals surface area contributed by atoms with Crippen molar-refractivity contribution in [3.8, 4) is 11.1 Å². The van der Waals surface area contributed by atoms with Crippen molar-refractivity contribution in [1.82, 2.24) is 19.6 Å². The van der Waals surface area contributed by atoms with Crippen molar-refractivity contribution in [2.45, 2.75) is 40.0 Å². The fourth-order valence-corrected chi connectivity index (χ4v) is 4.80. The smallest absolute Gasteiger partial charge is 0.165 e. The third kappa shape index (κ3) is 4.11. The average molecular weight is 475 g/mol. The van der Waals surface area contributed by atoms with Gasteiger partial charge >= 0.3 is 0 Å². The second-order valence-electron chi connectivity index (χ2n) is 10.0. The standard InChI is InChI=1S/C27H31ClN6/c1-18-9-8-12-23(29-18)32-13-15-33(16-14-32)24-17-22(27(3,4)5)30-26-25(19(2)31-34(24)26)20-10-6-7-11-21(20)28/h6-12,17H,13-16H2,1-5H3. The quantitative estimate of drug-likeness (QED) is 0.382. The first-order valence-electron chi connectivity index (χ1n) is 11.8. The number of aromatic nitrogens is 4. The highest BCUT2D eigenvalue weighted by Gasteiger charge is 2.27. The maximum absolute atomic E-state index is 6.60. The number of aryl methyl sites for hydroxylation is 2. The lowest BCUT2D eigenvalue weighted by molar-refractivity contribution is 0.565. The maximum atomic E-state index is 6.60. The zero-order chi connectivity index (χ0) is 24.0. The Balaban J connectivity index is 1.57. The van der Waals surface area contributed by atoms with Crippen LogP contribution in [0.15, 0.2) is 48.5 Å². The van der Waals surface area contributed by atoms with Gasteiger partial charge in [-0.1, -0.05) is 56.6 Å². The van der Waals surface area contributed by atoms with E-state index in [1.807, 2.05) is 48.7 Å². The highest BCUT2D eigenvalue weighted by Crippen LogP contribution is 2.36. The lowest BCUT2D eigenvalue weighted by Crippen LogP contribution is -2.47. The molecule has 0 radical (unpaired) electrons. The summed E-state index contributed by atoms with van der Waals surface area (Å²) in [5.41, 5.74) is 5.75. The minimum atomic E-state index is -0.0975. The molecule has 0 aliphatic carbocycles. The predicted octanol–water partition coefficient (Wildman–Crippen LogP) is 5.69. The van der Waals surface area contributed by atoms with Crippen molar-refractivity contribution in [3.63, 3.8) is 0 Å². The molecule has 0 unspecified atom stereocenters. The fourth-order valence-electron chi connectivity index (χ4n) is 4.57. The average Bonchev–Trinajstić information content (AvgIpc) is 3.14. The van der Waals surface area contributed by atoms with Crippen LogP contribution >= 0.6 is 11.6 Å². The molecule has 3 aromatic heterocycles. The summed E-state index contributed by atoms with van der Waals surface area (Å²) < 4.78 is 2.00. The number of benzene rings is 1. The number of fused-ring (bicyclic) bond motifs is 1. The van der Waals surface area contributed by atoms with Gasteiger partial charge in [0.25, 0.3) is 0 Å². The molecular formula is C27H31ClN6. The van der Waals surface area contributed by atoms with Gasteiger partial charge in [0.15, 0.2) is 5.65 Å². The Kier molecular flexibility index (Phi) is 5.72. The summed E-state index contributed by atoms with van der Waals surface area (Å²) in [5, 5.41) is 5.66. The molecule has 176 valence electrons. The summed E-state index contributed by atoms with van der Waals surface area (Å²) in [6.45, 7) is 14.3. The zero-order valence-electron chi connectivity index (χ0n) is 20.5. The van der Waals surface area contributed by atoms with Crippen molar-refractivity contribution in [1.29, 1.82) is 0 Å². The van der Waals surface area contributed by atoms with Gasteiger partial charge in [-0.05, 0) is 32.0 Å². The van der Waals surface area contributed by atoms with E-state index in [-0.39, 0.29) is 5.41 Å². The highest BCUT2D eigenvalue weighted by molar-refractivity contribution is 6.33. The van der Waals surface area contributed by atoms with Crippen LogP contribution in [0.25, 0.3) is 16.8 Å². The molecule has 0 atom stereocenters. The van der Waals surface area contributed by atoms with E-state index in [0.717, 1.165) is 71.7 Å². The van der Waals surface area contributed by atoms with Crippen LogP contribution in [0.5, 0.6) is 0 Å². The van der Waals surface area contributed by atoms with Gasteiger partial charge in [-0.25, -0.2) is 9.97 Å². The van der Waals surface area contributed by atoms with Crippen LogP contribution in [0.2, 0.25) is 5.02 Å². The normalized spacial score (nSPS) is 14.8. The van der Waals surface area contributed by atoms with Crippen LogP contribution in [0, 0.1) is 13.8 Å². The maximum Gasteiger partial charge on any atom is 0.165 e. The molecule has 4 heterocycles. The molecule has 1 fully saturated rings. The summed E-state index contributed by atoms with van der Waals surface area (Å²) in [4.78, 5) is 14.6. The Morgan fingerprint density at radius 2 is 1.56 bits per heavy atom. The Labute approximate surface area is 206 Å². The van der Waals surface area contributed by atoms with Crippen molar-refractivity contribution in [3.05, 3.63) is 70.6 Å². The van der Waals surface area contributed by atoms with E-state index in [4.69, 9.17) is 26.7 Å². The number of rotatable bonds is 3. The van der Waals surface area contributed by atoms with Gasteiger partial charge in [-0.2, -0.15) is 9.61 Å². The number of anilines is 2. The number of piperazine rings is 1. The molecule has 1 saturated heterocycles. The van der Waals surface area contributed by atoms with Crippen molar-refractivity contribution >= 4 is 28.9 Å². The van der Waals surface area contributed by atoms with Crippen molar-refractivity contribution in [2.75, 3.05) is 36.0 Å². The first kappa shape index (κ1) is 22.7. The molecule has 0 bridgehead atoms. The lowest BCUT2D eigenvalue weighted by Gasteiger charge is -2.37. The van der Waals surface area contributed by atoms with Gasteiger partial charge < -0.3 is 9.80 Å². The van der Waals surface area contributed by atoms with E-state index in [1.54, 1.807) is 0 Å². The van der Waals surface area contributed by atoms with Crippen LogP contribution < -0.4 is 9.80 Å². The summed E-state index contributed by atoms with van der Waals surface area (Å²) in [6, 6.07) is 16.4. The van der Waals surface area contributed by atoms with E-state index in [9.17, 15) is 0 Å². The van der Waals surface area contributed by atoms with Crippen LogP contribution in [0.1, 0.15) is 37.9 Å². The number of hydrogen-bond acceptors (Lipinski definition) is 5. The molecule has 0 spiro atoms. The van der Waals surface area contributed by atoms with E-state index >= 15 is 0 Å². The van der Waals surface area contributed by atoms with Gasteiger partial charge in [0.1, 0.15) is 11.6 Å². The molecule has 6 nitrogen and oxygen atoms in total. The highest BCUT2D eigenvalue weighted by atomic mass is 35.5. The van der Waals surface area contributed by atoms with E-state index in [2.05, 4.69) is 48.8 Å². The van der Waals surface area contributed by atoms with Crippen LogP contribution in [0.3, 0.4) is 0 Å². The number of pyridine rings is 1. The Hall–Kier alpha value is -3.12. The van der Waals surface area contributed by atoms with Gasteiger partial charge in [0.05, 0.1) is 17.0 Å². The third-order valence-electron chi connectivity index (χ3n) is 6.46. The first-order chi connectivity index (χ1) is 16.2. The molecule has 1 aliphatic heterocycles. The molecule has 1 aliphatic rings. The zero-order valence-corrected chi connectivity index (χ0v) is 21.3. The molecule has 0 N–H and O–H groups in total. The Bertz CT molecular complexity index is 1350. The van der Waals surface area contributed by atoms with Crippen LogP contribution in [-0.4, -0.2) is 45.8 Å². The molecule has 1 aromatic carbocycles. The summed E-state index contributed by atoms with van der Waals surface area (Å²) in [5.74, 6) is 2.12. The molecular weight excluding hydrogens is 444 g/mol. The molecule has 0 amide bonds. The number of nitrogens with zero attached hydrogens (tertiary/aromatic N) is 6. The second kappa shape index (κ2) is 8.58. The van der Waals surface area contributed by atoms with E-state index in [0.29, 0.717) is 5.02 Å². The molecule has 7 heteroatoms. The largest absolute Gasteiger partial charge is 0.353 e. The summed E-state index contributed by atoms with van der Waals surface area (Å²) in [6.07, 6.45) is 0. The monoisotopic (exact) mass is 474 g/mol. The van der Waals surface area contributed by atoms with Crippen LogP contribution in [0.4, 0.5) is 11.6 Å². The van der Waals surface area contributed by atoms with Gasteiger partial charge in [0.2, 0.25) is 0 Å². The lowest BCUT2D eigenvalue weighted by atomic mass is 9.91. The first-order valence-corrected chi connectivity index (χ1v) is 12.2. The van der Waals surface area contributed by atoms with Crippen molar-refractivity contribution < 1.29 is 0 Å². The van der Waals surface area contributed by atoms with Gasteiger partial charge in [-0.15, -0.1) is 0 Å². The second-order valence-corrected chi connectivity index (χ2v) is 10.4. The minimum Gasteiger partial charge on any atom is -0.353 e. The Morgan fingerprint density at radius 1 is 0.853 bits per heavy atom. The molecule has 4 aromatic rings. The van der Waals surface area contributed by atoms with E-state index < -0.39 is 0 Å². The SMILES string of the molecule is Cc1cccc(N2CCN(c3cc(C(C)(C)C)nc4c(-c5ccccc5Cl)c(C)nn34)CC2)n1. The summed E-state index contributed by atoms with van der Waals surface area (Å²) in [7, 11) is 0. The van der Waals surface area contributed by atoms with Gasteiger partial charge in [-0.3, -0.25) is 0 Å². The third-order valence-corrected chi connectivity index (χ3v) is 6.79. The number of hydrogen-bond donors (Lipinski definition) is 0. The van der Waals surface area contributed by atoms with Gasteiger partial charge in [0, 0.05) is 53.9 Å². The minimum absolute atomic E-state index is 0.0975. The van der Waals surface area contributed by atoms with E-state index in [1.165, 1.54) is 0 Å². The topological polar surface area (TPSA) is 49.6 Å². The number of halogens is 1. The summed E-state index contributed by atoms with van der Waals surface area (Å²) >= 11 is 6.60.